The van der Waals surface area contributed by atoms with Crippen LogP contribution in [0.25, 0.3) is 0 Å². The summed E-state index contributed by atoms with van der Waals surface area (Å²) in [6, 6.07) is 11.4. The van der Waals surface area contributed by atoms with E-state index in [2.05, 4.69) is 4.90 Å². The molecule has 2 heterocycles. The Morgan fingerprint density at radius 2 is 1.70 bits per heavy atom. The summed E-state index contributed by atoms with van der Waals surface area (Å²) in [5.41, 5.74) is 0.688. The molecule has 1 fully saturated rings. The normalized spacial score (nSPS) is 18.0. The van der Waals surface area contributed by atoms with Crippen molar-refractivity contribution in [1.82, 2.24) is 9.21 Å². The molecule has 2 aromatic rings. The summed E-state index contributed by atoms with van der Waals surface area (Å²) >= 11 is 0. The number of halogens is 1. The van der Waals surface area contributed by atoms with Crippen molar-refractivity contribution in [2.75, 3.05) is 39.5 Å². The van der Waals surface area contributed by atoms with E-state index < -0.39 is 10.0 Å². The van der Waals surface area contributed by atoms with Crippen LogP contribution in [0.3, 0.4) is 0 Å². The molecular formula is C19H21FN2O4S. The number of fused-ring (bicyclic) bond motifs is 1. The fourth-order valence-corrected chi connectivity index (χ4v) is 4.80. The standard InChI is InChI=1S/C19H21FN2O4S/c20-17-4-2-1-3-15(17)7-8-21-9-11-22(12-10-21)27(23,24)16-5-6-18-19(13-16)26-14-25-18/h1-6,13H,7-12,14H2. The molecule has 0 aromatic heterocycles. The lowest BCUT2D eigenvalue weighted by Gasteiger charge is -2.34. The summed E-state index contributed by atoms with van der Waals surface area (Å²) in [6.45, 7) is 2.89. The van der Waals surface area contributed by atoms with E-state index in [0.29, 0.717) is 56.2 Å². The average molecular weight is 392 g/mol. The summed E-state index contributed by atoms with van der Waals surface area (Å²) in [7, 11) is -3.57. The van der Waals surface area contributed by atoms with Crippen molar-refractivity contribution < 1.29 is 22.3 Å². The topological polar surface area (TPSA) is 59.1 Å². The predicted molar refractivity (Wildman–Crippen MR) is 97.9 cm³/mol. The monoisotopic (exact) mass is 392 g/mol. The lowest BCUT2D eigenvalue weighted by molar-refractivity contribution is 0.174. The lowest BCUT2D eigenvalue weighted by Crippen LogP contribution is -2.49. The van der Waals surface area contributed by atoms with Crippen LogP contribution in [0.1, 0.15) is 5.56 Å². The molecule has 0 saturated carbocycles. The van der Waals surface area contributed by atoms with Gasteiger partial charge >= 0.3 is 0 Å². The van der Waals surface area contributed by atoms with E-state index in [4.69, 9.17) is 9.47 Å². The molecule has 0 radical (unpaired) electrons. The van der Waals surface area contributed by atoms with Gasteiger partial charge in [0.05, 0.1) is 4.90 Å². The third-order valence-corrected chi connectivity index (χ3v) is 6.86. The fraction of sp³-hybridized carbons (Fsp3) is 0.368. The Labute approximate surface area is 158 Å². The quantitative estimate of drug-likeness (QED) is 0.780. The zero-order valence-electron chi connectivity index (χ0n) is 14.8. The minimum Gasteiger partial charge on any atom is -0.454 e. The number of sulfonamides is 1. The minimum atomic E-state index is -3.57. The fourth-order valence-electron chi connectivity index (χ4n) is 3.36. The van der Waals surface area contributed by atoms with E-state index in [1.807, 2.05) is 6.07 Å². The Morgan fingerprint density at radius 3 is 2.48 bits per heavy atom. The molecule has 0 atom stereocenters. The highest BCUT2D eigenvalue weighted by molar-refractivity contribution is 7.89. The SMILES string of the molecule is O=S(=O)(c1ccc2c(c1)OCO2)N1CCN(CCc2ccccc2F)CC1. The molecule has 0 amide bonds. The van der Waals surface area contributed by atoms with Gasteiger partial charge < -0.3 is 14.4 Å². The van der Waals surface area contributed by atoms with Gasteiger partial charge in [0.25, 0.3) is 0 Å². The van der Waals surface area contributed by atoms with Crippen LogP contribution in [0.4, 0.5) is 4.39 Å². The van der Waals surface area contributed by atoms with Crippen LogP contribution in [0.2, 0.25) is 0 Å². The second kappa shape index (κ2) is 7.46. The number of hydrogen-bond acceptors (Lipinski definition) is 5. The van der Waals surface area contributed by atoms with Crippen molar-refractivity contribution in [3.63, 3.8) is 0 Å². The summed E-state index contributed by atoms with van der Waals surface area (Å²) in [5.74, 6) is 0.827. The molecule has 27 heavy (non-hydrogen) atoms. The number of hydrogen-bond donors (Lipinski definition) is 0. The van der Waals surface area contributed by atoms with Crippen molar-refractivity contribution in [2.24, 2.45) is 0 Å². The zero-order valence-corrected chi connectivity index (χ0v) is 15.6. The summed E-state index contributed by atoms with van der Waals surface area (Å²) in [4.78, 5) is 2.38. The third-order valence-electron chi connectivity index (χ3n) is 4.97. The smallest absolute Gasteiger partial charge is 0.243 e. The Bertz CT molecular complexity index is 927. The predicted octanol–water partition coefficient (Wildman–Crippen LogP) is 2.10. The zero-order chi connectivity index (χ0) is 18.9. The highest BCUT2D eigenvalue weighted by Crippen LogP contribution is 2.34. The first-order chi connectivity index (χ1) is 13.0. The Balaban J connectivity index is 1.36. The van der Waals surface area contributed by atoms with Gasteiger partial charge in [-0.2, -0.15) is 4.31 Å². The Morgan fingerprint density at radius 1 is 0.963 bits per heavy atom. The number of piperazine rings is 1. The van der Waals surface area contributed by atoms with E-state index in [0.717, 1.165) is 0 Å². The molecule has 0 aliphatic carbocycles. The Hall–Kier alpha value is -2.16. The van der Waals surface area contributed by atoms with Crippen molar-refractivity contribution in [3.05, 3.63) is 53.8 Å². The van der Waals surface area contributed by atoms with Gasteiger partial charge in [0.2, 0.25) is 16.8 Å². The lowest BCUT2D eigenvalue weighted by atomic mass is 10.1. The van der Waals surface area contributed by atoms with Crippen LogP contribution in [-0.2, 0) is 16.4 Å². The van der Waals surface area contributed by atoms with Gasteiger partial charge in [0.1, 0.15) is 5.82 Å². The molecule has 6 nitrogen and oxygen atoms in total. The number of rotatable bonds is 5. The van der Waals surface area contributed by atoms with Crippen molar-refractivity contribution >= 4 is 10.0 Å². The number of nitrogens with zero attached hydrogens (tertiary/aromatic N) is 2. The molecule has 4 rings (SSSR count). The molecule has 8 heteroatoms. The second-order valence-corrected chi connectivity index (χ2v) is 8.54. The van der Waals surface area contributed by atoms with Crippen LogP contribution < -0.4 is 9.47 Å². The van der Waals surface area contributed by atoms with Gasteiger partial charge in [0.15, 0.2) is 11.5 Å². The van der Waals surface area contributed by atoms with Gasteiger partial charge in [-0.25, -0.2) is 12.8 Å². The van der Waals surface area contributed by atoms with E-state index in [1.165, 1.54) is 16.4 Å². The minimum absolute atomic E-state index is 0.111. The second-order valence-electron chi connectivity index (χ2n) is 6.60. The highest BCUT2D eigenvalue weighted by Gasteiger charge is 2.29. The van der Waals surface area contributed by atoms with Crippen LogP contribution in [0, 0.1) is 5.82 Å². The molecule has 0 unspecified atom stereocenters. The van der Waals surface area contributed by atoms with Gasteiger partial charge in [0, 0.05) is 38.8 Å². The maximum atomic E-state index is 13.7. The first-order valence-electron chi connectivity index (χ1n) is 8.89. The first-order valence-corrected chi connectivity index (χ1v) is 10.3. The number of ether oxygens (including phenoxy) is 2. The molecule has 0 bridgehead atoms. The van der Waals surface area contributed by atoms with E-state index in [9.17, 15) is 12.8 Å². The van der Waals surface area contributed by atoms with Gasteiger partial charge in [-0.1, -0.05) is 18.2 Å². The maximum Gasteiger partial charge on any atom is 0.243 e. The van der Waals surface area contributed by atoms with Gasteiger partial charge in [-0.05, 0) is 30.2 Å². The van der Waals surface area contributed by atoms with Crippen LogP contribution in [0.15, 0.2) is 47.4 Å². The highest BCUT2D eigenvalue weighted by atomic mass is 32.2. The van der Waals surface area contributed by atoms with Crippen molar-refractivity contribution in [3.8, 4) is 11.5 Å². The van der Waals surface area contributed by atoms with E-state index >= 15 is 0 Å². The molecule has 2 aromatic carbocycles. The summed E-state index contributed by atoms with van der Waals surface area (Å²) < 4.78 is 51.5. The largest absolute Gasteiger partial charge is 0.454 e. The summed E-state index contributed by atoms with van der Waals surface area (Å²) in [5, 5.41) is 0. The molecule has 0 N–H and O–H groups in total. The molecule has 144 valence electrons. The molecular weight excluding hydrogens is 371 g/mol. The van der Waals surface area contributed by atoms with Crippen LogP contribution in [-0.4, -0.2) is 57.1 Å². The van der Waals surface area contributed by atoms with E-state index in [-0.39, 0.29) is 17.5 Å². The van der Waals surface area contributed by atoms with Crippen molar-refractivity contribution in [2.45, 2.75) is 11.3 Å². The Kier molecular flexibility index (Phi) is 5.03. The van der Waals surface area contributed by atoms with Crippen LogP contribution >= 0.6 is 0 Å². The first kappa shape index (κ1) is 18.2. The molecule has 0 spiro atoms. The average Bonchev–Trinajstić information content (AvgIpc) is 3.15. The van der Waals surface area contributed by atoms with Gasteiger partial charge in [-0.3, -0.25) is 0 Å². The molecule has 1 saturated heterocycles. The molecule has 2 aliphatic rings. The van der Waals surface area contributed by atoms with Gasteiger partial charge in [-0.15, -0.1) is 0 Å². The maximum absolute atomic E-state index is 13.7. The summed E-state index contributed by atoms with van der Waals surface area (Å²) in [6.07, 6.45) is 0.613. The van der Waals surface area contributed by atoms with E-state index in [1.54, 1.807) is 24.3 Å². The number of benzene rings is 2. The van der Waals surface area contributed by atoms with Crippen LogP contribution in [0.5, 0.6) is 11.5 Å². The molecule has 2 aliphatic heterocycles. The van der Waals surface area contributed by atoms with Crippen molar-refractivity contribution in [1.29, 1.82) is 0 Å². The third kappa shape index (κ3) is 3.78.